The van der Waals surface area contributed by atoms with E-state index in [1.807, 2.05) is 25.1 Å². The van der Waals surface area contributed by atoms with Crippen LogP contribution in [0.4, 0.5) is 0 Å². The number of halogens is 1. The van der Waals surface area contributed by atoms with E-state index in [0.29, 0.717) is 10.9 Å². The van der Waals surface area contributed by atoms with Crippen molar-refractivity contribution in [2.75, 3.05) is 6.54 Å². The summed E-state index contributed by atoms with van der Waals surface area (Å²) in [7, 11) is 0. The van der Waals surface area contributed by atoms with Crippen molar-refractivity contribution in [2.45, 2.75) is 51.0 Å². The number of aryl methyl sites for hydroxylation is 1. The SMILES string of the molecule is Cc1nnc2n1-c1sc3c(c1C(c1ccccc1Cl)=NC21CC1)C[C@H](C(=O)NCC1CC1)C3. The molecule has 33 heavy (non-hydrogen) atoms. The van der Waals surface area contributed by atoms with Gasteiger partial charge in [-0.05, 0) is 63.0 Å². The van der Waals surface area contributed by atoms with Crippen LogP contribution in [0.1, 0.15) is 58.9 Å². The van der Waals surface area contributed by atoms with Gasteiger partial charge in [-0.1, -0.05) is 29.8 Å². The van der Waals surface area contributed by atoms with Crippen LogP contribution >= 0.6 is 22.9 Å². The van der Waals surface area contributed by atoms with Crippen molar-refractivity contribution in [1.82, 2.24) is 20.1 Å². The van der Waals surface area contributed by atoms with E-state index in [0.717, 1.165) is 65.7 Å². The van der Waals surface area contributed by atoms with Gasteiger partial charge in [0.2, 0.25) is 5.91 Å². The molecule has 6 nitrogen and oxygen atoms in total. The maximum atomic E-state index is 12.9. The molecule has 0 unspecified atom stereocenters. The molecule has 2 fully saturated rings. The number of amides is 1. The highest BCUT2D eigenvalue weighted by Gasteiger charge is 2.52. The summed E-state index contributed by atoms with van der Waals surface area (Å²) in [5, 5.41) is 14.0. The fourth-order valence-corrected chi connectivity index (χ4v) is 6.93. The average Bonchev–Trinajstić information content (AvgIpc) is 3.68. The third-order valence-electron chi connectivity index (χ3n) is 7.45. The molecule has 0 saturated heterocycles. The Kier molecular flexibility index (Phi) is 4.22. The van der Waals surface area contributed by atoms with E-state index in [9.17, 15) is 4.79 Å². The molecule has 2 saturated carbocycles. The lowest BCUT2D eigenvalue weighted by Crippen LogP contribution is -2.32. The number of nitrogens with one attached hydrogen (secondary N) is 1. The minimum atomic E-state index is -0.332. The molecule has 1 atom stereocenters. The summed E-state index contributed by atoms with van der Waals surface area (Å²) < 4.78 is 2.21. The fourth-order valence-electron chi connectivity index (χ4n) is 5.25. The molecule has 168 valence electrons. The van der Waals surface area contributed by atoms with Gasteiger partial charge >= 0.3 is 0 Å². The molecule has 1 aromatic carbocycles. The summed E-state index contributed by atoms with van der Waals surface area (Å²) in [6.45, 7) is 2.83. The number of fused-ring (bicyclic) bond motifs is 6. The summed E-state index contributed by atoms with van der Waals surface area (Å²) in [4.78, 5) is 19.6. The summed E-state index contributed by atoms with van der Waals surface area (Å²) >= 11 is 8.47. The number of carbonyl (C=O) groups is 1. The van der Waals surface area contributed by atoms with E-state index < -0.39 is 0 Å². The molecule has 1 amide bonds. The van der Waals surface area contributed by atoms with Gasteiger partial charge in [0.05, 0.1) is 5.71 Å². The minimum Gasteiger partial charge on any atom is -0.356 e. The monoisotopic (exact) mass is 477 g/mol. The minimum absolute atomic E-state index is 0.0117. The van der Waals surface area contributed by atoms with E-state index in [-0.39, 0.29) is 17.4 Å². The van der Waals surface area contributed by atoms with Crippen molar-refractivity contribution in [3.8, 4) is 5.00 Å². The summed E-state index contributed by atoms with van der Waals surface area (Å²) in [6.07, 6.45) is 5.92. The number of nitrogens with zero attached hydrogens (tertiary/aromatic N) is 4. The van der Waals surface area contributed by atoms with E-state index >= 15 is 0 Å². The second-order valence-corrected chi connectivity index (χ2v) is 11.3. The van der Waals surface area contributed by atoms with Crippen LogP contribution in [-0.4, -0.2) is 32.9 Å². The zero-order chi connectivity index (χ0) is 22.3. The van der Waals surface area contributed by atoms with Crippen LogP contribution in [-0.2, 0) is 23.2 Å². The molecule has 3 aromatic rings. The molecular formula is C25H24ClN5OS. The van der Waals surface area contributed by atoms with E-state index in [4.69, 9.17) is 16.6 Å². The van der Waals surface area contributed by atoms with Crippen molar-refractivity contribution < 1.29 is 4.79 Å². The van der Waals surface area contributed by atoms with Crippen LogP contribution in [0.5, 0.6) is 0 Å². The predicted molar refractivity (Wildman–Crippen MR) is 129 cm³/mol. The quantitative estimate of drug-likeness (QED) is 0.606. The summed E-state index contributed by atoms with van der Waals surface area (Å²) in [5.41, 5.74) is 3.92. The maximum Gasteiger partial charge on any atom is 0.223 e. The largest absolute Gasteiger partial charge is 0.356 e. The number of hydrogen-bond donors (Lipinski definition) is 1. The van der Waals surface area contributed by atoms with Crippen LogP contribution in [0.15, 0.2) is 29.3 Å². The Labute approximate surface area is 201 Å². The molecule has 7 rings (SSSR count). The van der Waals surface area contributed by atoms with E-state index in [1.165, 1.54) is 23.3 Å². The van der Waals surface area contributed by atoms with Gasteiger partial charge in [-0.3, -0.25) is 14.4 Å². The molecule has 0 radical (unpaired) electrons. The molecule has 1 spiro atoms. The number of carbonyl (C=O) groups excluding carboxylic acids is 1. The fraction of sp³-hybridized carbons (Fsp3) is 0.440. The predicted octanol–water partition coefficient (Wildman–Crippen LogP) is 4.37. The number of rotatable bonds is 4. The van der Waals surface area contributed by atoms with Gasteiger partial charge in [0.25, 0.3) is 0 Å². The molecule has 4 aliphatic rings. The second kappa shape index (κ2) is 7.00. The number of aliphatic imine (C=N–C) groups is 1. The van der Waals surface area contributed by atoms with Gasteiger partial charge in [-0.25, -0.2) is 0 Å². The summed E-state index contributed by atoms with van der Waals surface area (Å²) in [5.74, 6) is 2.67. The lowest BCUT2D eigenvalue weighted by atomic mass is 9.97. The number of thiophene rings is 1. The Morgan fingerprint density at radius 2 is 2.06 bits per heavy atom. The third-order valence-corrected chi connectivity index (χ3v) is 9.02. The molecule has 1 aliphatic heterocycles. The highest BCUT2D eigenvalue weighted by Crippen LogP contribution is 2.54. The Morgan fingerprint density at radius 1 is 1.24 bits per heavy atom. The lowest BCUT2D eigenvalue weighted by molar-refractivity contribution is -0.124. The molecule has 3 aliphatic carbocycles. The lowest BCUT2D eigenvalue weighted by Gasteiger charge is -2.14. The number of benzene rings is 1. The van der Waals surface area contributed by atoms with Gasteiger partial charge < -0.3 is 5.32 Å². The van der Waals surface area contributed by atoms with Gasteiger partial charge in [-0.2, -0.15) is 0 Å². The van der Waals surface area contributed by atoms with Crippen LogP contribution < -0.4 is 5.32 Å². The van der Waals surface area contributed by atoms with Crippen LogP contribution in [0.2, 0.25) is 5.02 Å². The van der Waals surface area contributed by atoms with Gasteiger partial charge in [0.15, 0.2) is 5.82 Å². The van der Waals surface area contributed by atoms with Crippen molar-refractivity contribution >= 4 is 34.6 Å². The zero-order valence-electron chi connectivity index (χ0n) is 18.4. The third kappa shape index (κ3) is 3.05. The molecule has 3 heterocycles. The molecule has 2 aromatic heterocycles. The first kappa shape index (κ1) is 19.9. The Morgan fingerprint density at radius 3 is 2.82 bits per heavy atom. The molecular weight excluding hydrogens is 454 g/mol. The van der Waals surface area contributed by atoms with Crippen LogP contribution in [0.3, 0.4) is 0 Å². The topological polar surface area (TPSA) is 72.2 Å². The van der Waals surface area contributed by atoms with Crippen molar-refractivity contribution in [1.29, 1.82) is 0 Å². The van der Waals surface area contributed by atoms with Crippen molar-refractivity contribution in [3.05, 3.63) is 62.5 Å². The van der Waals surface area contributed by atoms with Crippen molar-refractivity contribution in [2.24, 2.45) is 16.8 Å². The molecule has 8 heteroatoms. The van der Waals surface area contributed by atoms with E-state index in [1.54, 1.807) is 11.3 Å². The van der Waals surface area contributed by atoms with Gasteiger partial charge in [0, 0.05) is 33.5 Å². The molecule has 0 bridgehead atoms. The smallest absolute Gasteiger partial charge is 0.223 e. The van der Waals surface area contributed by atoms with Crippen LogP contribution in [0, 0.1) is 18.8 Å². The van der Waals surface area contributed by atoms with Crippen LogP contribution in [0.25, 0.3) is 5.00 Å². The standard InChI is InChI=1S/C25H24ClN5OS/c1-13-29-30-24-25(8-9-25)28-21(16-4-2-3-5-18(16)26)20-17-10-15(22(32)27-12-14-6-7-14)11-19(17)33-23(20)31(13)24/h2-5,14-15H,6-12H2,1H3,(H,27,32)/t15-/m0/s1. The zero-order valence-corrected chi connectivity index (χ0v) is 20.0. The highest BCUT2D eigenvalue weighted by atomic mass is 35.5. The highest BCUT2D eigenvalue weighted by molar-refractivity contribution is 7.15. The molecule has 1 N–H and O–H groups in total. The number of hydrogen-bond acceptors (Lipinski definition) is 5. The second-order valence-electron chi connectivity index (χ2n) is 9.86. The first-order valence-electron chi connectivity index (χ1n) is 11.7. The summed E-state index contributed by atoms with van der Waals surface area (Å²) in [6, 6.07) is 7.95. The first-order chi connectivity index (χ1) is 16.0. The Hall–Kier alpha value is -2.51. The normalized spacial score (nSPS) is 21.8. The number of aromatic nitrogens is 3. The van der Waals surface area contributed by atoms with Crippen molar-refractivity contribution in [3.63, 3.8) is 0 Å². The van der Waals surface area contributed by atoms with E-state index in [2.05, 4.69) is 26.1 Å². The Balaban J connectivity index is 1.37. The maximum absolute atomic E-state index is 12.9. The average molecular weight is 478 g/mol. The Bertz CT molecular complexity index is 1350. The van der Waals surface area contributed by atoms with Gasteiger partial charge in [-0.15, -0.1) is 21.5 Å². The first-order valence-corrected chi connectivity index (χ1v) is 12.9. The van der Waals surface area contributed by atoms with Gasteiger partial charge in [0.1, 0.15) is 16.4 Å².